The van der Waals surface area contributed by atoms with Crippen molar-refractivity contribution in [1.82, 2.24) is 4.90 Å². The predicted molar refractivity (Wildman–Crippen MR) is 85.8 cm³/mol. The minimum Gasteiger partial charge on any atom is -0.481 e. The van der Waals surface area contributed by atoms with Crippen molar-refractivity contribution in [1.29, 1.82) is 0 Å². The molecule has 0 radical (unpaired) electrons. The number of hydrogen-bond donors (Lipinski definition) is 1. The van der Waals surface area contributed by atoms with Crippen molar-refractivity contribution in [2.75, 3.05) is 12.8 Å². The Kier molecular flexibility index (Phi) is 4.43. The molecular weight excluding hydrogens is 298 g/mol. The van der Waals surface area contributed by atoms with Crippen LogP contribution in [0.1, 0.15) is 30.4 Å². The number of nitrogens with zero attached hydrogens (tertiary/aromatic N) is 1. The van der Waals surface area contributed by atoms with Crippen LogP contribution in [0.5, 0.6) is 0 Å². The minimum atomic E-state index is -0.760. The van der Waals surface area contributed by atoms with Gasteiger partial charge < -0.3 is 10.0 Å². The summed E-state index contributed by atoms with van der Waals surface area (Å²) < 4.78 is 0. The summed E-state index contributed by atoms with van der Waals surface area (Å²) in [6.45, 7) is 1.41. The van der Waals surface area contributed by atoms with E-state index in [1.807, 2.05) is 4.90 Å². The van der Waals surface area contributed by atoms with E-state index in [0.717, 1.165) is 13.0 Å². The number of thioether (sulfide) groups is 1. The van der Waals surface area contributed by atoms with Crippen LogP contribution in [-0.2, 0) is 22.6 Å². The molecule has 3 rings (SSSR count). The fourth-order valence-electron chi connectivity index (χ4n) is 3.53. The third-order valence-corrected chi connectivity index (χ3v) is 5.59. The minimum absolute atomic E-state index is 0.104. The second-order valence-electron chi connectivity index (χ2n) is 6.19. The number of aliphatic carboxylic acids is 1. The molecule has 2 atom stereocenters. The van der Waals surface area contributed by atoms with Gasteiger partial charge in [-0.1, -0.05) is 6.07 Å². The van der Waals surface area contributed by atoms with Crippen molar-refractivity contribution in [2.45, 2.75) is 37.1 Å². The molecule has 1 N–H and O–H groups in total. The summed E-state index contributed by atoms with van der Waals surface area (Å²) in [6, 6.07) is 6.45. The van der Waals surface area contributed by atoms with Gasteiger partial charge in [0.25, 0.3) is 0 Å². The maximum atomic E-state index is 12.6. The van der Waals surface area contributed by atoms with Gasteiger partial charge in [-0.15, -0.1) is 11.8 Å². The smallest absolute Gasteiger partial charge is 0.306 e. The van der Waals surface area contributed by atoms with Crippen LogP contribution >= 0.6 is 11.8 Å². The van der Waals surface area contributed by atoms with Crippen molar-refractivity contribution in [3.8, 4) is 0 Å². The number of benzene rings is 1. The molecule has 0 bridgehead atoms. The summed E-state index contributed by atoms with van der Waals surface area (Å²) in [5.74, 6) is -1.06. The normalized spacial score (nSPS) is 24.1. The van der Waals surface area contributed by atoms with E-state index in [0.29, 0.717) is 25.8 Å². The molecule has 1 amide bonds. The second-order valence-corrected chi connectivity index (χ2v) is 7.07. The van der Waals surface area contributed by atoms with Gasteiger partial charge in [0.1, 0.15) is 0 Å². The molecule has 0 spiro atoms. The van der Waals surface area contributed by atoms with Crippen molar-refractivity contribution in [3.63, 3.8) is 0 Å². The number of hydrogen-bond acceptors (Lipinski definition) is 3. The Bertz CT molecular complexity index is 602. The van der Waals surface area contributed by atoms with Gasteiger partial charge in [-0.3, -0.25) is 9.59 Å². The van der Waals surface area contributed by atoms with E-state index >= 15 is 0 Å². The zero-order valence-electron chi connectivity index (χ0n) is 12.7. The van der Waals surface area contributed by atoms with Crippen molar-refractivity contribution < 1.29 is 14.7 Å². The molecular formula is C17H21NO3S. The largest absolute Gasteiger partial charge is 0.481 e. The molecule has 0 unspecified atom stereocenters. The van der Waals surface area contributed by atoms with Gasteiger partial charge in [-0.2, -0.15) is 0 Å². The highest BCUT2D eigenvalue weighted by atomic mass is 32.2. The van der Waals surface area contributed by atoms with Gasteiger partial charge in [0.05, 0.1) is 5.92 Å². The number of fused-ring (bicyclic) bond motifs is 1. The molecule has 2 aliphatic rings. The molecule has 1 aliphatic heterocycles. The Hall–Kier alpha value is -1.49. The molecule has 1 saturated carbocycles. The highest BCUT2D eigenvalue weighted by Crippen LogP contribution is 2.34. The first kappa shape index (κ1) is 15.4. The van der Waals surface area contributed by atoms with Gasteiger partial charge in [0.2, 0.25) is 5.91 Å². The molecule has 1 fully saturated rings. The van der Waals surface area contributed by atoms with E-state index in [2.05, 4.69) is 24.5 Å². The number of rotatable bonds is 3. The molecule has 1 aromatic carbocycles. The third kappa shape index (κ3) is 3.00. The fraction of sp³-hybridized carbons (Fsp3) is 0.529. The van der Waals surface area contributed by atoms with Crippen molar-refractivity contribution in [2.24, 2.45) is 11.8 Å². The Labute approximate surface area is 134 Å². The highest BCUT2D eigenvalue weighted by molar-refractivity contribution is 7.98. The number of carboxylic acid groups (broad SMARTS) is 1. The molecule has 0 saturated heterocycles. The Balaban J connectivity index is 1.67. The van der Waals surface area contributed by atoms with Crippen molar-refractivity contribution >= 4 is 23.6 Å². The fourth-order valence-corrected chi connectivity index (χ4v) is 4.00. The molecule has 0 aromatic heterocycles. The lowest BCUT2D eigenvalue weighted by Crippen LogP contribution is -2.39. The standard InChI is InChI=1S/C17H21NO3S/c1-22-15-5-4-14-10-18(7-6-11(14)9-15)16(19)12-2-3-13(8-12)17(20)21/h4-5,9,12-13H,2-3,6-8,10H2,1H3,(H,20,21)/t12-,13+/m0/s1. The summed E-state index contributed by atoms with van der Waals surface area (Å²) in [7, 11) is 0. The van der Waals surface area contributed by atoms with E-state index < -0.39 is 5.97 Å². The van der Waals surface area contributed by atoms with E-state index in [-0.39, 0.29) is 17.7 Å². The zero-order valence-corrected chi connectivity index (χ0v) is 13.6. The van der Waals surface area contributed by atoms with Crippen LogP contribution < -0.4 is 0 Å². The molecule has 118 valence electrons. The van der Waals surface area contributed by atoms with Gasteiger partial charge >= 0.3 is 5.97 Å². The van der Waals surface area contributed by atoms with E-state index in [4.69, 9.17) is 5.11 Å². The number of carboxylic acids is 1. The van der Waals surface area contributed by atoms with Crippen LogP contribution in [0, 0.1) is 11.8 Å². The zero-order chi connectivity index (χ0) is 15.7. The molecule has 22 heavy (non-hydrogen) atoms. The highest BCUT2D eigenvalue weighted by Gasteiger charge is 2.36. The van der Waals surface area contributed by atoms with E-state index in [9.17, 15) is 9.59 Å². The Morgan fingerprint density at radius 3 is 2.68 bits per heavy atom. The predicted octanol–water partition coefficient (Wildman–Crippen LogP) is 2.79. The van der Waals surface area contributed by atoms with Gasteiger partial charge in [-0.25, -0.2) is 0 Å². The topological polar surface area (TPSA) is 57.6 Å². The first-order valence-corrected chi connectivity index (χ1v) is 8.98. The molecule has 5 heteroatoms. The van der Waals surface area contributed by atoms with Gasteiger partial charge in [0.15, 0.2) is 0 Å². The van der Waals surface area contributed by atoms with Gasteiger partial charge in [0, 0.05) is 23.9 Å². The lowest BCUT2D eigenvalue weighted by Gasteiger charge is -2.31. The first-order valence-electron chi connectivity index (χ1n) is 7.76. The number of carbonyl (C=O) groups is 2. The molecule has 1 aliphatic carbocycles. The summed E-state index contributed by atoms with van der Waals surface area (Å²) in [5.41, 5.74) is 2.57. The van der Waals surface area contributed by atoms with Crippen LogP contribution in [0.15, 0.2) is 23.1 Å². The van der Waals surface area contributed by atoms with E-state index in [1.54, 1.807) is 11.8 Å². The maximum Gasteiger partial charge on any atom is 0.306 e. The first-order chi connectivity index (χ1) is 10.6. The quantitative estimate of drug-likeness (QED) is 0.871. The third-order valence-electron chi connectivity index (χ3n) is 4.87. The summed E-state index contributed by atoms with van der Waals surface area (Å²) >= 11 is 1.74. The molecule has 4 nitrogen and oxygen atoms in total. The summed E-state index contributed by atoms with van der Waals surface area (Å²) in [5, 5.41) is 9.08. The lowest BCUT2D eigenvalue weighted by atomic mass is 9.97. The SMILES string of the molecule is CSc1ccc2c(c1)CCN(C(=O)[C@H]1CC[C@@H](C(=O)O)C1)C2. The maximum absolute atomic E-state index is 12.6. The number of carbonyl (C=O) groups excluding carboxylic acids is 1. The average molecular weight is 319 g/mol. The second kappa shape index (κ2) is 6.32. The van der Waals surface area contributed by atoms with Crippen LogP contribution in [0.2, 0.25) is 0 Å². The van der Waals surface area contributed by atoms with Crippen LogP contribution in [0.4, 0.5) is 0 Å². The van der Waals surface area contributed by atoms with Crippen LogP contribution in [0.3, 0.4) is 0 Å². The van der Waals surface area contributed by atoms with E-state index in [1.165, 1.54) is 16.0 Å². The molecule has 1 heterocycles. The summed E-state index contributed by atoms with van der Waals surface area (Å²) in [4.78, 5) is 26.8. The molecule has 1 aromatic rings. The lowest BCUT2D eigenvalue weighted by molar-refractivity contribution is -0.141. The Morgan fingerprint density at radius 2 is 2.00 bits per heavy atom. The van der Waals surface area contributed by atoms with Crippen LogP contribution in [0.25, 0.3) is 0 Å². The van der Waals surface area contributed by atoms with Crippen LogP contribution in [-0.4, -0.2) is 34.7 Å². The van der Waals surface area contributed by atoms with Gasteiger partial charge in [-0.05, 0) is 55.2 Å². The number of amides is 1. The average Bonchev–Trinajstić information content (AvgIpc) is 3.03. The Morgan fingerprint density at radius 1 is 1.23 bits per heavy atom. The monoisotopic (exact) mass is 319 g/mol. The summed E-state index contributed by atoms with van der Waals surface area (Å²) in [6.07, 6.45) is 4.81. The van der Waals surface area contributed by atoms with Crippen molar-refractivity contribution in [3.05, 3.63) is 29.3 Å².